The molecule has 0 saturated heterocycles. The van der Waals surface area contributed by atoms with Gasteiger partial charge in [0.1, 0.15) is 17.1 Å². The first kappa shape index (κ1) is 12.5. The zero-order valence-corrected chi connectivity index (χ0v) is 10.7. The maximum atomic E-state index is 13.5. The van der Waals surface area contributed by atoms with Crippen LogP contribution in [0.25, 0.3) is 0 Å². The van der Waals surface area contributed by atoms with E-state index in [1.54, 1.807) is 0 Å². The zero-order chi connectivity index (χ0) is 13.4. The van der Waals surface area contributed by atoms with Crippen LogP contribution in [-0.4, -0.2) is 17.6 Å². The summed E-state index contributed by atoms with van der Waals surface area (Å²) in [5.74, 6) is 0.583. The number of nitrogens with one attached hydrogen (secondary N) is 1. The summed E-state index contributed by atoms with van der Waals surface area (Å²) in [6, 6.07) is 3.90. The van der Waals surface area contributed by atoms with Gasteiger partial charge in [0.25, 0.3) is 5.91 Å². The Morgan fingerprint density at radius 1 is 1.37 bits per heavy atom. The summed E-state index contributed by atoms with van der Waals surface area (Å²) in [6.45, 7) is 0.591. The molecule has 102 valence electrons. The molecule has 19 heavy (non-hydrogen) atoms. The molecule has 0 spiro atoms. The smallest absolute Gasteiger partial charge is 0.258 e. The van der Waals surface area contributed by atoms with Crippen molar-refractivity contribution in [1.29, 1.82) is 0 Å². The molecule has 1 aromatic carbocycles. The first-order chi connectivity index (χ1) is 9.15. The van der Waals surface area contributed by atoms with Crippen molar-refractivity contribution in [2.45, 2.75) is 25.7 Å². The fourth-order valence-electron chi connectivity index (χ4n) is 3.68. The van der Waals surface area contributed by atoms with E-state index in [2.05, 4.69) is 5.32 Å². The summed E-state index contributed by atoms with van der Waals surface area (Å²) in [7, 11) is 0. The van der Waals surface area contributed by atoms with E-state index in [1.165, 1.54) is 43.9 Å². The molecule has 3 nitrogen and oxygen atoms in total. The van der Waals surface area contributed by atoms with E-state index in [0.717, 1.165) is 11.8 Å². The van der Waals surface area contributed by atoms with Crippen LogP contribution in [0.15, 0.2) is 18.2 Å². The molecule has 2 fully saturated rings. The van der Waals surface area contributed by atoms with Gasteiger partial charge in [-0.05, 0) is 49.1 Å². The Bertz CT molecular complexity index is 483. The highest BCUT2D eigenvalue weighted by atomic mass is 19.1. The molecule has 1 aromatic rings. The fourth-order valence-corrected chi connectivity index (χ4v) is 3.68. The highest BCUT2D eigenvalue weighted by molar-refractivity contribution is 5.97. The molecule has 2 bridgehead atoms. The summed E-state index contributed by atoms with van der Waals surface area (Å²) >= 11 is 0. The van der Waals surface area contributed by atoms with Gasteiger partial charge in [-0.1, -0.05) is 12.5 Å². The minimum Gasteiger partial charge on any atom is -0.507 e. The lowest BCUT2D eigenvalue weighted by Crippen LogP contribution is -2.32. The Labute approximate surface area is 111 Å². The van der Waals surface area contributed by atoms with Gasteiger partial charge in [0.05, 0.1) is 0 Å². The number of fused-ring (bicyclic) bond motifs is 2. The average molecular weight is 263 g/mol. The standard InChI is InChI=1S/C15H18FNO2/c16-12-2-1-3-13(18)14(12)15(19)17-8-11-7-9-4-5-10(11)6-9/h1-3,9-11,18H,4-8H2,(H,17,19). The van der Waals surface area contributed by atoms with Gasteiger partial charge in [-0.2, -0.15) is 0 Å². The third kappa shape index (κ3) is 2.31. The topological polar surface area (TPSA) is 49.3 Å². The molecule has 2 saturated carbocycles. The quantitative estimate of drug-likeness (QED) is 0.881. The molecule has 0 heterocycles. The number of carbonyl (C=O) groups is 1. The van der Waals surface area contributed by atoms with Crippen molar-refractivity contribution in [2.24, 2.45) is 17.8 Å². The molecule has 0 aromatic heterocycles. The molecule has 0 aliphatic heterocycles. The molecule has 4 heteroatoms. The average Bonchev–Trinajstić information content (AvgIpc) is 2.98. The van der Waals surface area contributed by atoms with Crippen LogP contribution in [0.3, 0.4) is 0 Å². The van der Waals surface area contributed by atoms with Crippen LogP contribution in [0.2, 0.25) is 0 Å². The SMILES string of the molecule is O=C(NCC1CC2CCC1C2)c1c(O)cccc1F. The monoisotopic (exact) mass is 263 g/mol. The molecular weight excluding hydrogens is 245 g/mol. The number of benzene rings is 1. The summed E-state index contributed by atoms with van der Waals surface area (Å²) in [6.07, 6.45) is 5.04. The Hall–Kier alpha value is -1.58. The Morgan fingerprint density at radius 3 is 2.84 bits per heavy atom. The normalized spacial score (nSPS) is 28.6. The van der Waals surface area contributed by atoms with E-state index in [0.29, 0.717) is 12.5 Å². The van der Waals surface area contributed by atoms with Crippen molar-refractivity contribution in [2.75, 3.05) is 6.54 Å². The number of hydrogen-bond donors (Lipinski definition) is 2. The number of carbonyl (C=O) groups excluding carboxylic acids is 1. The zero-order valence-electron chi connectivity index (χ0n) is 10.7. The van der Waals surface area contributed by atoms with Gasteiger partial charge in [0.2, 0.25) is 0 Å². The molecule has 3 unspecified atom stereocenters. The fraction of sp³-hybridized carbons (Fsp3) is 0.533. The van der Waals surface area contributed by atoms with Gasteiger partial charge < -0.3 is 10.4 Å². The molecule has 3 rings (SSSR count). The minimum absolute atomic E-state index is 0.245. The van der Waals surface area contributed by atoms with Crippen LogP contribution in [0.1, 0.15) is 36.0 Å². The van der Waals surface area contributed by atoms with Crippen LogP contribution in [0, 0.1) is 23.6 Å². The second-order valence-electron chi connectivity index (χ2n) is 5.78. The lowest BCUT2D eigenvalue weighted by atomic mass is 9.89. The van der Waals surface area contributed by atoms with Crippen molar-refractivity contribution in [3.05, 3.63) is 29.6 Å². The van der Waals surface area contributed by atoms with Crippen molar-refractivity contribution in [3.63, 3.8) is 0 Å². The van der Waals surface area contributed by atoms with Crippen LogP contribution in [0.5, 0.6) is 5.75 Å². The molecule has 2 aliphatic rings. The lowest BCUT2D eigenvalue weighted by Gasteiger charge is -2.21. The van der Waals surface area contributed by atoms with E-state index < -0.39 is 11.7 Å². The minimum atomic E-state index is -0.676. The van der Waals surface area contributed by atoms with Gasteiger partial charge >= 0.3 is 0 Å². The van der Waals surface area contributed by atoms with Crippen molar-refractivity contribution in [3.8, 4) is 5.75 Å². The number of phenols is 1. The van der Waals surface area contributed by atoms with Crippen molar-refractivity contribution < 1.29 is 14.3 Å². The van der Waals surface area contributed by atoms with E-state index in [9.17, 15) is 14.3 Å². The number of phenolic OH excluding ortho intramolecular Hbond substituents is 1. The molecule has 0 radical (unpaired) electrons. The first-order valence-corrected chi connectivity index (χ1v) is 6.91. The number of halogens is 1. The van der Waals surface area contributed by atoms with Gasteiger partial charge in [0.15, 0.2) is 0 Å². The van der Waals surface area contributed by atoms with Gasteiger partial charge in [-0.25, -0.2) is 4.39 Å². The molecular formula is C15H18FNO2. The first-order valence-electron chi connectivity index (χ1n) is 6.91. The van der Waals surface area contributed by atoms with E-state index >= 15 is 0 Å². The highest BCUT2D eigenvalue weighted by Gasteiger charge is 2.39. The van der Waals surface area contributed by atoms with E-state index in [1.807, 2.05) is 0 Å². The van der Waals surface area contributed by atoms with Gasteiger partial charge in [0, 0.05) is 6.54 Å². The summed E-state index contributed by atoms with van der Waals surface area (Å²) in [5.41, 5.74) is -0.245. The highest BCUT2D eigenvalue weighted by Crippen LogP contribution is 2.47. The number of aromatic hydroxyl groups is 1. The second kappa shape index (κ2) is 4.83. The number of hydrogen-bond acceptors (Lipinski definition) is 2. The van der Waals surface area contributed by atoms with E-state index in [-0.39, 0.29) is 11.3 Å². The molecule has 2 aliphatic carbocycles. The Balaban J connectivity index is 1.63. The largest absolute Gasteiger partial charge is 0.507 e. The predicted octanol–water partition coefficient (Wildman–Crippen LogP) is 2.70. The summed E-state index contributed by atoms with van der Waals surface area (Å²) in [4.78, 5) is 11.9. The summed E-state index contributed by atoms with van der Waals surface area (Å²) in [5, 5.41) is 12.3. The van der Waals surface area contributed by atoms with Gasteiger partial charge in [-0.15, -0.1) is 0 Å². The van der Waals surface area contributed by atoms with Crippen molar-refractivity contribution >= 4 is 5.91 Å². The molecule has 2 N–H and O–H groups in total. The Morgan fingerprint density at radius 2 is 2.21 bits per heavy atom. The second-order valence-corrected chi connectivity index (χ2v) is 5.78. The summed E-state index contributed by atoms with van der Waals surface area (Å²) < 4.78 is 13.5. The molecule has 1 amide bonds. The van der Waals surface area contributed by atoms with Crippen LogP contribution < -0.4 is 5.32 Å². The maximum absolute atomic E-state index is 13.5. The van der Waals surface area contributed by atoms with Crippen LogP contribution >= 0.6 is 0 Å². The predicted molar refractivity (Wildman–Crippen MR) is 69.3 cm³/mol. The Kier molecular flexibility index (Phi) is 3.17. The number of rotatable bonds is 3. The molecule has 3 atom stereocenters. The van der Waals surface area contributed by atoms with Crippen LogP contribution in [0.4, 0.5) is 4.39 Å². The van der Waals surface area contributed by atoms with E-state index in [4.69, 9.17) is 0 Å². The lowest BCUT2D eigenvalue weighted by molar-refractivity contribution is 0.0935. The third-order valence-electron chi connectivity index (χ3n) is 4.63. The van der Waals surface area contributed by atoms with Crippen molar-refractivity contribution in [1.82, 2.24) is 5.32 Å². The van der Waals surface area contributed by atoms with Crippen LogP contribution in [-0.2, 0) is 0 Å². The number of amides is 1. The third-order valence-corrected chi connectivity index (χ3v) is 4.63. The van der Waals surface area contributed by atoms with Gasteiger partial charge in [-0.3, -0.25) is 4.79 Å². The maximum Gasteiger partial charge on any atom is 0.258 e.